The zero-order chi connectivity index (χ0) is 15.6. The predicted molar refractivity (Wildman–Crippen MR) is 86.3 cm³/mol. The summed E-state index contributed by atoms with van der Waals surface area (Å²) in [5.74, 6) is 0. The second-order valence-electron chi connectivity index (χ2n) is 4.88. The van der Waals surface area contributed by atoms with Crippen LogP contribution in [0, 0.1) is 13.8 Å². The lowest BCUT2D eigenvalue weighted by Crippen LogP contribution is -2.18. The number of nitrogens with one attached hydrogen (secondary N) is 2. The van der Waals surface area contributed by atoms with Crippen molar-refractivity contribution in [1.82, 2.24) is 4.72 Å². The number of hydrogen-bond donors (Lipinski definition) is 3. The molecular weight excluding hydrogens is 286 g/mol. The van der Waals surface area contributed by atoms with Gasteiger partial charge in [0, 0.05) is 5.69 Å². The van der Waals surface area contributed by atoms with Gasteiger partial charge in [-0.15, -0.1) is 0 Å². The minimum Gasteiger partial charge on any atom is -0.397 e. The zero-order valence-electron chi connectivity index (χ0n) is 12.3. The Kier molecular flexibility index (Phi) is 4.20. The van der Waals surface area contributed by atoms with Crippen LogP contribution in [-0.4, -0.2) is 15.5 Å². The molecule has 0 saturated heterocycles. The maximum absolute atomic E-state index is 11.7. The van der Waals surface area contributed by atoms with Crippen LogP contribution in [0.4, 0.5) is 17.1 Å². The van der Waals surface area contributed by atoms with Crippen LogP contribution < -0.4 is 15.8 Å². The molecule has 4 N–H and O–H groups in total. The number of nitrogen functional groups attached to an aromatic ring is 1. The topological polar surface area (TPSA) is 84.2 Å². The molecular formula is C15H19N3O2S. The van der Waals surface area contributed by atoms with Crippen molar-refractivity contribution in [3.63, 3.8) is 0 Å². The Balaban J connectivity index is 2.31. The first-order valence-corrected chi connectivity index (χ1v) is 7.99. The highest BCUT2D eigenvalue weighted by atomic mass is 32.2. The average molecular weight is 305 g/mol. The molecule has 21 heavy (non-hydrogen) atoms. The Morgan fingerprint density at radius 3 is 2.29 bits per heavy atom. The Hall–Kier alpha value is -2.05. The van der Waals surface area contributed by atoms with Gasteiger partial charge in [0.1, 0.15) is 0 Å². The van der Waals surface area contributed by atoms with E-state index in [4.69, 9.17) is 5.73 Å². The monoisotopic (exact) mass is 305 g/mol. The molecule has 0 atom stereocenters. The molecule has 2 aromatic carbocycles. The van der Waals surface area contributed by atoms with Crippen LogP contribution in [0.25, 0.3) is 0 Å². The number of aryl methyl sites for hydroxylation is 2. The van der Waals surface area contributed by atoms with E-state index >= 15 is 0 Å². The fourth-order valence-electron chi connectivity index (χ4n) is 1.91. The molecule has 0 aliphatic heterocycles. The molecule has 2 aromatic rings. The molecule has 0 aromatic heterocycles. The van der Waals surface area contributed by atoms with Gasteiger partial charge in [0.25, 0.3) is 0 Å². The Labute approximate surface area is 125 Å². The SMILES string of the molecule is CNS(=O)(=O)c1ccc(Nc2ccc(C)c(C)c2)c(N)c1. The quantitative estimate of drug-likeness (QED) is 0.758. The lowest BCUT2D eigenvalue weighted by Gasteiger charge is -2.12. The zero-order valence-corrected chi connectivity index (χ0v) is 13.1. The lowest BCUT2D eigenvalue weighted by molar-refractivity contribution is 0.588. The second-order valence-corrected chi connectivity index (χ2v) is 6.77. The highest BCUT2D eigenvalue weighted by molar-refractivity contribution is 7.89. The largest absolute Gasteiger partial charge is 0.397 e. The van der Waals surface area contributed by atoms with Crippen LogP contribution >= 0.6 is 0 Å². The molecule has 0 spiro atoms. The molecule has 0 aliphatic rings. The number of rotatable bonds is 4. The van der Waals surface area contributed by atoms with Crippen molar-refractivity contribution in [3.05, 3.63) is 47.5 Å². The number of hydrogen-bond acceptors (Lipinski definition) is 4. The maximum atomic E-state index is 11.7. The minimum atomic E-state index is -3.48. The Morgan fingerprint density at radius 1 is 1.00 bits per heavy atom. The molecule has 5 nitrogen and oxygen atoms in total. The normalized spacial score (nSPS) is 11.4. The average Bonchev–Trinajstić information content (AvgIpc) is 2.45. The van der Waals surface area contributed by atoms with Gasteiger partial charge in [-0.25, -0.2) is 13.1 Å². The van der Waals surface area contributed by atoms with E-state index in [-0.39, 0.29) is 4.90 Å². The number of sulfonamides is 1. The van der Waals surface area contributed by atoms with E-state index in [2.05, 4.69) is 10.0 Å². The third kappa shape index (κ3) is 3.34. The summed E-state index contributed by atoms with van der Waals surface area (Å²) in [4.78, 5) is 0.146. The van der Waals surface area contributed by atoms with E-state index < -0.39 is 10.0 Å². The summed E-state index contributed by atoms with van der Waals surface area (Å²) in [6.45, 7) is 4.08. The van der Waals surface area contributed by atoms with Crippen LogP contribution in [0.2, 0.25) is 0 Å². The number of anilines is 3. The van der Waals surface area contributed by atoms with Gasteiger partial charge < -0.3 is 11.1 Å². The van der Waals surface area contributed by atoms with E-state index in [0.717, 1.165) is 5.69 Å². The van der Waals surface area contributed by atoms with E-state index in [9.17, 15) is 8.42 Å². The molecule has 0 amide bonds. The summed E-state index contributed by atoms with van der Waals surface area (Å²) < 4.78 is 25.7. The Morgan fingerprint density at radius 2 is 1.71 bits per heavy atom. The standard InChI is InChI=1S/C15H19N3O2S/c1-10-4-5-12(8-11(10)2)18-15-7-6-13(9-14(15)16)21(19,20)17-3/h4-9,17-18H,16H2,1-3H3. The highest BCUT2D eigenvalue weighted by Gasteiger charge is 2.13. The summed E-state index contributed by atoms with van der Waals surface area (Å²) in [7, 11) is -2.11. The van der Waals surface area contributed by atoms with Crippen molar-refractivity contribution in [2.75, 3.05) is 18.1 Å². The van der Waals surface area contributed by atoms with Crippen molar-refractivity contribution in [2.45, 2.75) is 18.7 Å². The molecule has 6 heteroatoms. The third-order valence-electron chi connectivity index (χ3n) is 3.39. The fourth-order valence-corrected chi connectivity index (χ4v) is 2.68. The van der Waals surface area contributed by atoms with E-state index in [1.165, 1.54) is 30.3 Å². The number of benzene rings is 2. The molecule has 0 fully saturated rings. The van der Waals surface area contributed by atoms with Gasteiger partial charge in [0.2, 0.25) is 10.0 Å². The summed E-state index contributed by atoms with van der Waals surface area (Å²) >= 11 is 0. The van der Waals surface area contributed by atoms with Gasteiger partial charge in [-0.2, -0.15) is 0 Å². The number of nitrogens with two attached hydrogens (primary N) is 1. The van der Waals surface area contributed by atoms with Gasteiger partial charge >= 0.3 is 0 Å². The summed E-state index contributed by atoms with van der Waals surface area (Å²) in [5, 5.41) is 3.20. The first kappa shape index (κ1) is 15.3. The molecule has 0 heterocycles. The first-order chi connectivity index (χ1) is 9.83. The molecule has 0 radical (unpaired) electrons. The summed E-state index contributed by atoms with van der Waals surface area (Å²) in [6, 6.07) is 10.6. The van der Waals surface area contributed by atoms with Gasteiger partial charge in [0.05, 0.1) is 16.3 Å². The van der Waals surface area contributed by atoms with Gasteiger partial charge in [0.15, 0.2) is 0 Å². The summed E-state index contributed by atoms with van der Waals surface area (Å²) in [5.41, 5.74) is 10.3. The van der Waals surface area contributed by atoms with Gasteiger partial charge in [-0.05, 0) is 62.4 Å². The van der Waals surface area contributed by atoms with Crippen LogP contribution in [0.3, 0.4) is 0 Å². The van der Waals surface area contributed by atoms with E-state index in [1.54, 1.807) is 6.07 Å². The predicted octanol–water partition coefficient (Wildman–Crippen LogP) is 2.54. The van der Waals surface area contributed by atoms with Crippen LogP contribution in [-0.2, 0) is 10.0 Å². The minimum absolute atomic E-state index is 0.146. The second kappa shape index (κ2) is 5.75. The Bertz CT molecular complexity index is 770. The maximum Gasteiger partial charge on any atom is 0.240 e. The van der Waals surface area contributed by atoms with Crippen molar-refractivity contribution in [3.8, 4) is 0 Å². The lowest BCUT2D eigenvalue weighted by atomic mass is 10.1. The molecule has 0 unspecified atom stereocenters. The fraction of sp³-hybridized carbons (Fsp3) is 0.200. The van der Waals surface area contributed by atoms with E-state index in [1.807, 2.05) is 32.0 Å². The highest BCUT2D eigenvalue weighted by Crippen LogP contribution is 2.26. The van der Waals surface area contributed by atoms with Crippen LogP contribution in [0.15, 0.2) is 41.3 Å². The smallest absolute Gasteiger partial charge is 0.240 e. The molecule has 112 valence electrons. The molecule has 0 bridgehead atoms. The van der Waals surface area contributed by atoms with Crippen LogP contribution in [0.5, 0.6) is 0 Å². The molecule has 0 saturated carbocycles. The van der Waals surface area contributed by atoms with Gasteiger partial charge in [-0.1, -0.05) is 6.07 Å². The van der Waals surface area contributed by atoms with Crippen molar-refractivity contribution < 1.29 is 8.42 Å². The molecule has 2 rings (SSSR count). The van der Waals surface area contributed by atoms with Crippen molar-refractivity contribution in [1.29, 1.82) is 0 Å². The van der Waals surface area contributed by atoms with E-state index in [0.29, 0.717) is 11.4 Å². The van der Waals surface area contributed by atoms with Gasteiger partial charge in [-0.3, -0.25) is 0 Å². The van der Waals surface area contributed by atoms with Crippen molar-refractivity contribution in [2.24, 2.45) is 0 Å². The van der Waals surface area contributed by atoms with Crippen LogP contribution in [0.1, 0.15) is 11.1 Å². The molecule has 0 aliphatic carbocycles. The first-order valence-electron chi connectivity index (χ1n) is 6.51. The summed E-state index contributed by atoms with van der Waals surface area (Å²) in [6.07, 6.45) is 0. The third-order valence-corrected chi connectivity index (χ3v) is 4.80. The van der Waals surface area contributed by atoms with Crippen molar-refractivity contribution >= 4 is 27.1 Å².